The molecule has 1 aliphatic rings. The molecule has 0 spiro atoms. The van der Waals surface area contributed by atoms with Crippen molar-refractivity contribution in [3.63, 3.8) is 0 Å². The average Bonchev–Trinajstić information content (AvgIpc) is 2.39. The number of hydrogen-bond acceptors (Lipinski definition) is 2. The second kappa shape index (κ2) is 6.66. The van der Waals surface area contributed by atoms with Gasteiger partial charge in [-0.05, 0) is 18.9 Å². The van der Waals surface area contributed by atoms with E-state index in [-0.39, 0.29) is 18.3 Å². The van der Waals surface area contributed by atoms with Gasteiger partial charge in [0.2, 0.25) is 5.91 Å². The standard InChI is InChI=1S/C14H17F3N2O.ClH/c1-9-11(10-5-3-2-4-6-10)7-12(18)13(20)19(9)8-14(15,16)17;/h2-6,9,11-12H,7-8,18H2,1H3;1H/t9-,11-,12+;/m1./s1. The third-order valence-electron chi connectivity index (χ3n) is 3.76. The Labute approximate surface area is 127 Å². The third-order valence-corrected chi connectivity index (χ3v) is 3.76. The minimum atomic E-state index is -4.41. The Morgan fingerprint density at radius 2 is 1.86 bits per heavy atom. The van der Waals surface area contributed by atoms with Gasteiger partial charge in [0.25, 0.3) is 0 Å². The molecule has 0 unspecified atom stereocenters. The van der Waals surface area contributed by atoms with Crippen LogP contribution in [0.2, 0.25) is 0 Å². The molecule has 0 bridgehead atoms. The van der Waals surface area contributed by atoms with Gasteiger partial charge in [-0.3, -0.25) is 4.79 Å². The van der Waals surface area contributed by atoms with E-state index < -0.39 is 30.7 Å². The first-order valence-electron chi connectivity index (χ1n) is 6.47. The molecular weight excluding hydrogens is 305 g/mol. The minimum Gasteiger partial charge on any atom is -0.329 e. The molecule has 0 saturated carbocycles. The first kappa shape index (κ1) is 17.8. The summed E-state index contributed by atoms with van der Waals surface area (Å²) in [5, 5.41) is 0. The van der Waals surface area contributed by atoms with Gasteiger partial charge in [-0.1, -0.05) is 30.3 Å². The SMILES string of the molecule is C[C@@H]1[C@H](c2ccccc2)C[C@H](N)C(=O)N1CC(F)(F)F.Cl. The minimum absolute atomic E-state index is 0. The average molecular weight is 323 g/mol. The van der Waals surface area contributed by atoms with Crippen molar-refractivity contribution in [2.24, 2.45) is 5.73 Å². The van der Waals surface area contributed by atoms with Crippen LogP contribution in [0.25, 0.3) is 0 Å². The van der Waals surface area contributed by atoms with Gasteiger partial charge in [0.05, 0.1) is 6.04 Å². The fourth-order valence-electron chi connectivity index (χ4n) is 2.73. The molecule has 3 nitrogen and oxygen atoms in total. The maximum atomic E-state index is 12.6. The Balaban J connectivity index is 0.00000220. The number of rotatable bonds is 2. The van der Waals surface area contributed by atoms with Crippen LogP contribution in [0, 0.1) is 0 Å². The number of benzene rings is 1. The molecule has 3 atom stereocenters. The highest BCUT2D eigenvalue weighted by Crippen LogP contribution is 2.34. The van der Waals surface area contributed by atoms with Crippen LogP contribution >= 0.6 is 12.4 Å². The van der Waals surface area contributed by atoms with Gasteiger partial charge in [-0.25, -0.2) is 0 Å². The largest absolute Gasteiger partial charge is 0.406 e. The summed E-state index contributed by atoms with van der Waals surface area (Å²) < 4.78 is 37.8. The molecule has 1 heterocycles. The highest BCUT2D eigenvalue weighted by Gasteiger charge is 2.43. The van der Waals surface area contributed by atoms with Gasteiger partial charge in [-0.2, -0.15) is 13.2 Å². The summed E-state index contributed by atoms with van der Waals surface area (Å²) in [6.07, 6.45) is -4.04. The Morgan fingerprint density at radius 1 is 1.29 bits per heavy atom. The van der Waals surface area contributed by atoms with E-state index >= 15 is 0 Å². The highest BCUT2D eigenvalue weighted by atomic mass is 35.5. The number of carbonyl (C=O) groups excluding carboxylic acids is 1. The summed E-state index contributed by atoms with van der Waals surface area (Å²) in [5.41, 5.74) is 6.63. The topological polar surface area (TPSA) is 46.3 Å². The normalized spacial score (nSPS) is 26.4. The predicted molar refractivity (Wildman–Crippen MR) is 76.3 cm³/mol. The molecule has 1 aromatic carbocycles. The Morgan fingerprint density at radius 3 is 2.38 bits per heavy atom. The molecule has 21 heavy (non-hydrogen) atoms. The zero-order chi connectivity index (χ0) is 14.9. The van der Waals surface area contributed by atoms with E-state index in [2.05, 4.69) is 0 Å². The maximum absolute atomic E-state index is 12.6. The zero-order valence-corrected chi connectivity index (χ0v) is 12.3. The zero-order valence-electron chi connectivity index (χ0n) is 11.5. The van der Waals surface area contributed by atoms with Crippen LogP contribution in [0.1, 0.15) is 24.8 Å². The number of carbonyl (C=O) groups is 1. The summed E-state index contributed by atoms with van der Waals surface area (Å²) in [4.78, 5) is 12.7. The van der Waals surface area contributed by atoms with E-state index in [9.17, 15) is 18.0 Å². The van der Waals surface area contributed by atoms with Crippen molar-refractivity contribution in [2.75, 3.05) is 6.54 Å². The van der Waals surface area contributed by atoms with Gasteiger partial charge in [0.1, 0.15) is 6.54 Å². The summed E-state index contributed by atoms with van der Waals surface area (Å²) in [7, 11) is 0. The van der Waals surface area contributed by atoms with Gasteiger partial charge in [0, 0.05) is 12.0 Å². The molecule has 0 aliphatic carbocycles. The summed E-state index contributed by atoms with van der Waals surface area (Å²) in [6, 6.07) is 7.82. The molecule has 2 rings (SSSR count). The number of nitrogens with zero attached hydrogens (tertiary/aromatic N) is 1. The van der Waals surface area contributed by atoms with Gasteiger partial charge >= 0.3 is 6.18 Å². The highest BCUT2D eigenvalue weighted by molar-refractivity contribution is 5.85. The predicted octanol–water partition coefficient (Wildman–Crippen LogP) is 2.70. The van der Waals surface area contributed by atoms with Gasteiger partial charge < -0.3 is 10.6 Å². The number of likely N-dealkylation sites (tertiary alicyclic amines) is 1. The number of alkyl halides is 3. The molecule has 0 aromatic heterocycles. The smallest absolute Gasteiger partial charge is 0.329 e. The van der Waals surface area contributed by atoms with Crippen molar-refractivity contribution in [1.82, 2.24) is 4.90 Å². The van der Waals surface area contributed by atoms with Gasteiger partial charge in [0.15, 0.2) is 0 Å². The number of nitrogens with two attached hydrogens (primary N) is 1. The monoisotopic (exact) mass is 322 g/mol. The van der Waals surface area contributed by atoms with Crippen LogP contribution in [0.15, 0.2) is 30.3 Å². The summed E-state index contributed by atoms with van der Waals surface area (Å²) >= 11 is 0. The lowest BCUT2D eigenvalue weighted by atomic mass is 9.82. The van der Waals surface area contributed by atoms with Crippen molar-refractivity contribution in [2.45, 2.75) is 37.5 Å². The third kappa shape index (κ3) is 4.11. The van der Waals surface area contributed by atoms with Crippen LogP contribution in [-0.2, 0) is 4.79 Å². The van der Waals surface area contributed by atoms with Crippen LogP contribution < -0.4 is 5.73 Å². The van der Waals surface area contributed by atoms with Crippen molar-refractivity contribution in [1.29, 1.82) is 0 Å². The van der Waals surface area contributed by atoms with Gasteiger partial charge in [-0.15, -0.1) is 12.4 Å². The van der Waals surface area contributed by atoms with Crippen LogP contribution in [0.4, 0.5) is 13.2 Å². The summed E-state index contributed by atoms with van der Waals surface area (Å²) in [6.45, 7) is 0.400. The van der Waals surface area contributed by atoms with Crippen LogP contribution in [-0.4, -0.2) is 35.6 Å². The molecule has 0 radical (unpaired) electrons. The van der Waals surface area contributed by atoms with Crippen molar-refractivity contribution in [3.8, 4) is 0 Å². The molecular formula is C14H18ClF3N2O. The lowest BCUT2D eigenvalue weighted by Gasteiger charge is -2.42. The fourth-order valence-corrected chi connectivity index (χ4v) is 2.73. The van der Waals surface area contributed by atoms with E-state index in [0.29, 0.717) is 6.42 Å². The fraction of sp³-hybridized carbons (Fsp3) is 0.500. The lowest BCUT2D eigenvalue weighted by molar-refractivity contribution is -0.170. The van der Waals surface area contributed by atoms with E-state index in [1.807, 2.05) is 30.3 Å². The van der Waals surface area contributed by atoms with Crippen LogP contribution in [0.5, 0.6) is 0 Å². The molecule has 1 amide bonds. The molecule has 118 valence electrons. The molecule has 2 N–H and O–H groups in total. The Hall–Kier alpha value is -1.27. The molecule has 7 heteroatoms. The van der Waals surface area contributed by atoms with E-state index in [1.54, 1.807) is 6.92 Å². The van der Waals surface area contributed by atoms with Crippen molar-refractivity contribution < 1.29 is 18.0 Å². The Bertz CT molecular complexity index is 481. The Kier molecular flexibility index (Phi) is 5.64. The first-order chi connectivity index (χ1) is 9.29. The lowest BCUT2D eigenvalue weighted by Crippen LogP contribution is -2.57. The van der Waals surface area contributed by atoms with E-state index in [0.717, 1.165) is 10.5 Å². The van der Waals surface area contributed by atoms with Crippen molar-refractivity contribution >= 4 is 18.3 Å². The molecule has 1 aromatic rings. The second-order valence-corrected chi connectivity index (χ2v) is 5.18. The number of piperidine rings is 1. The maximum Gasteiger partial charge on any atom is 0.406 e. The second-order valence-electron chi connectivity index (χ2n) is 5.18. The van der Waals surface area contributed by atoms with E-state index in [4.69, 9.17) is 5.73 Å². The number of amides is 1. The number of hydrogen-bond donors (Lipinski definition) is 1. The van der Waals surface area contributed by atoms with E-state index in [1.165, 1.54) is 0 Å². The molecule has 1 aliphatic heterocycles. The molecule has 1 saturated heterocycles. The summed E-state index contributed by atoms with van der Waals surface area (Å²) in [5.74, 6) is -0.798. The van der Waals surface area contributed by atoms with Crippen LogP contribution in [0.3, 0.4) is 0 Å². The number of halogens is 4. The first-order valence-corrected chi connectivity index (χ1v) is 6.47. The quantitative estimate of drug-likeness (QED) is 0.910. The van der Waals surface area contributed by atoms with Crippen molar-refractivity contribution in [3.05, 3.63) is 35.9 Å². The molecule has 1 fully saturated rings.